The lowest BCUT2D eigenvalue weighted by Gasteiger charge is -2.14. The van der Waals surface area contributed by atoms with E-state index in [1.54, 1.807) is 25.4 Å². The van der Waals surface area contributed by atoms with E-state index in [2.05, 4.69) is 30.4 Å². The Kier molecular flexibility index (Phi) is 7.03. The van der Waals surface area contributed by atoms with Crippen LogP contribution in [0.3, 0.4) is 0 Å². The monoisotopic (exact) mass is 408 g/mol. The van der Waals surface area contributed by atoms with Crippen LogP contribution in [0.4, 0.5) is 0 Å². The molecule has 0 radical (unpaired) electrons. The van der Waals surface area contributed by atoms with Crippen molar-refractivity contribution < 1.29 is 0 Å². The normalized spacial score (nSPS) is 11.6. The van der Waals surface area contributed by atoms with Crippen molar-refractivity contribution in [3.63, 3.8) is 0 Å². The van der Waals surface area contributed by atoms with Crippen LogP contribution in [0.1, 0.15) is 17.5 Å². The van der Waals surface area contributed by atoms with E-state index in [1.807, 2.05) is 0 Å². The van der Waals surface area contributed by atoms with Gasteiger partial charge in [-0.15, -0.1) is 10.2 Å². The molecule has 2 aromatic heterocycles. The second-order valence-electron chi connectivity index (χ2n) is 3.34. The maximum atomic E-state index is 5.60. The predicted molar refractivity (Wildman–Crippen MR) is 82.9 cm³/mol. The van der Waals surface area contributed by atoms with Gasteiger partial charge in [0.25, 0.3) is 0 Å². The molecule has 0 unspecified atom stereocenters. The van der Waals surface area contributed by atoms with Crippen LogP contribution < -0.4 is 0 Å². The fourth-order valence-corrected chi connectivity index (χ4v) is 1.45. The van der Waals surface area contributed by atoms with Crippen LogP contribution in [0.15, 0.2) is 18.5 Å². The van der Waals surface area contributed by atoms with Gasteiger partial charge in [-0.2, -0.15) is 0 Å². The zero-order chi connectivity index (χ0) is 16.1. The summed E-state index contributed by atoms with van der Waals surface area (Å²) in [4.78, 5) is 11.4. The molecule has 6 nitrogen and oxygen atoms in total. The second kappa shape index (κ2) is 7.85. The van der Waals surface area contributed by atoms with Gasteiger partial charge in [-0.25, -0.2) is 15.0 Å². The molecular weight excluding hydrogens is 405 g/mol. The number of nitrogens with zero attached hydrogens (tertiary/aromatic N) is 6. The Morgan fingerprint density at radius 2 is 1.19 bits per heavy atom. The summed E-state index contributed by atoms with van der Waals surface area (Å²) in [6.07, 6.45) is 3.15. The van der Waals surface area contributed by atoms with Gasteiger partial charge in [-0.05, 0) is 18.2 Å². The Hall–Kier alpha value is -0.240. The quantitative estimate of drug-likeness (QED) is 0.616. The summed E-state index contributed by atoms with van der Waals surface area (Å²) in [6, 6.07) is 1.72. The first-order chi connectivity index (χ1) is 9.60. The highest BCUT2D eigenvalue weighted by Crippen LogP contribution is 2.39. The molecule has 2 heterocycles. The fraction of sp³-hybridized carbons (Fsp3) is 0.333. The van der Waals surface area contributed by atoms with Gasteiger partial charge >= 0.3 is 0 Å². The molecule has 114 valence electrons. The first kappa shape index (κ1) is 18.8. The molecule has 2 aromatic rings. The molecule has 2 rings (SSSR count). The Labute approximate surface area is 150 Å². The molecule has 0 aliphatic heterocycles. The minimum Gasteiger partial charge on any atom is -0.214 e. The van der Waals surface area contributed by atoms with E-state index < -0.39 is 7.59 Å². The summed E-state index contributed by atoms with van der Waals surface area (Å²) in [6.45, 7) is 1.57. The van der Waals surface area contributed by atoms with E-state index in [0.717, 1.165) is 0 Å². The Morgan fingerprint density at radius 1 is 0.762 bits per heavy atom. The first-order valence-corrected chi connectivity index (χ1v) is 7.33. The SMILES string of the molecule is Cc1nc(C(Cl)(Cl)Cl)nc(C(Cl)(Cl)Cl)n1.c1cnnnc1. The van der Waals surface area contributed by atoms with Crippen molar-refractivity contribution >= 4 is 69.6 Å². The summed E-state index contributed by atoms with van der Waals surface area (Å²) in [5, 5.41) is 10.1. The van der Waals surface area contributed by atoms with E-state index in [-0.39, 0.29) is 11.6 Å². The van der Waals surface area contributed by atoms with E-state index in [4.69, 9.17) is 69.6 Å². The number of alkyl halides is 6. The van der Waals surface area contributed by atoms with E-state index in [9.17, 15) is 0 Å². The molecule has 0 spiro atoms. The summed E-state index contributed by atoms with van der Waals surface area (Å²) in [5.41, 5.74) is 0. The van der Waals surface area contributed by atoms with Gasteiger partial charge in [-0.3, -0.25) is 0 Å². The Morgan fingerprint density at radius 3 is 1.43 bits per heavy atom. The van der Waals surface area contributed by atoms with Crippen molar-refractivity contribution in [2.45, 2.75) is 14.5 Å². The molecule has 0 N–H and O–H groups in total. The van der Waals surface area contributed by atoms with Gasteiger partial charge < -0.3 is 0 Å². The molecule has 12 heteroatoms. The number of halogens is 6. The van der Waals surface area contributed by atoms with Crippen molar-refractivity contribution in [2.75, 3.05) is 0 Å². The molecular formula is C9H6Cl6N6. The number of aryl methyl sites for hydroxylation is 1. The summed E-state index contributed by atoms with van der Waals surface area (Å²) >= 11 is 33.6. The third-order valence-electron chi connectivity index (χ3n) is 1.66. The van der Waals surface area contributed by atoms with Gasteiger partial charge in [0.1, 0.15) is 5.82 Å². The lowest BCUT2D eigenvalue weighted by Crippen LogP contribution is -2.16. The fourth-order valence-electron chi connectivity index (χ4n) is 0.940. The number of hydrogen-bond donors (Lipinski definition) is 0. The Bertz CT molecular complexity index is 510. The van der Waals surface area contributed by atoms with Crippen molar-refractivity contribution in [3.8, 4) is 0 Å². The molecule has 0 saturated heterocycles. The standard InChI is InChI=1S/C6H3Cl6N3.C3H3N3/c1-2-13-3(5(7,8)9)15-4(14-2)6(10,11)12;1-2-4-6-5-3-1/h1H3;1-3H. The number of hydrogen-bond acceptors (Lipinski definition) is 6. The lowest BCUT2D eigenvalue weighted by molar-refractivity contribution is 0.813. The average molecular weight is 411 g/mol. The molecule has 0 aliphatic carbocycles. The van der Waals surface area contributed by atoms with Crippen LogP contribution in [0.25, 0.3) is 0 Å². The van der Waals surface area contributed by atoms with Crippen LogP contribution in [0, 0.1) is 6.92 Å². The minimum atomic E-state index is -1.78. The highest BCUT2D eigenvalue weighted by atomic mass is 35.6. The molecule has 0 fully saturated rings. The molecule has 21 heavy (non-hydrogen) atoms. The van der Waals surface area contributed by atoms with E-state index >= 15 is 0 Å². The topological polar surface area (TPSA) is 77.3 Å². The molecule has 0 aromatic carbocycles. The Balaban J connectivity index is 0.000000304. The van der Waals surface area contributed by atoms with E-state index in [1.165, 1.54) is 0 Å². The lowest BCUT2D eigenvalue weighted by atomic mass is 10.5. The first-order valence-electron chi connectivity index (χ1n) is 5.06. The predicted octanol–water partition coefficient (Wildman–Crippen LogP) is 3.71. The average Bonchev–Trinajstić information content (AvgIpc) is 2.39. The van der Waals surface area contributed by atoms with Gasteiger partial charge in [-0.1, -0.05) is 69.6 Å². The molecule has 0 saturated carbocycles. The number of rotatable bonds is 0. The van der Waals surface area contributed by atoms with Crippen molar-refractivity contribution in [2.24, 2.45) is 0 Å². The van der Waals surface area contributed by atoms with Crippen molar-refractivity contribution in [1.82, 2.24) is 30.4 Å². The van der Waals surface area contributed by atoms with Gasteiger partial charge in [0.05, 0.1) is 12.4 Å². The highest BCUT2D eigenvalue weighted by molar-refractivity contribution is 6.67. The van der Waals surface area contributed by atoms with Crippen molar-refractivity contribution in [3.05, 3.63) is 35.9 Å². The molecule has 0 aliphatic rings. The molecule has 0 atom stereocenters. The number of aromatic nitrogens is 6. The maximum Gasteiger partial charge on any atom is 0.250 e. The van der Waals surface area contributed by atoms with Crippen molar-refractivity contribution in [1.29, 1.82) is 0 Å². The van der Waals surface area contributed by atoms with Gasteiger partial charge in [0.15, 0.2) is 11.6 Å². The third-order valence-corrected chi connectivity index (χ3v) is 2.68. The van der Waals surface area contributed by atoms with Crippen LogP contribution >= 0.6 is 69.6 Å². The van der Waals surface area contributed by atoms with E-state index in [0.29, 0.717) is 5.82 Å². The van der Waals surface area contributed by atoms with Crippen LogP contribution in [-0.4, -0.2) is 30.4 Å². The zero-order valence-electron chi connectivity index (χ0n) is 10.2. The third kappa shape index (κ3) is 7.04. The largest absolute Gasteiger partial charge is 0.250 e. The summed E-state index contributed by atoms with van der Waals surface area (Å²) < 4.78 is -3.56. The highest BCUT2D eigenvalue weighted by Gasteiger charge is 2.33. The van der Waals surface area contributed by atoms with Gasteiger partial charge in [0, 0.05) is 0 Å². The van der Waals surface area contributed by atoms with Gasteiger partial charge in [0.2, 0.25) is 7.59 Å². The van der Waals surface area contributed by atoms with Crippen LogP contribution in [0.5, 0.6) is 0 Å². The second-order valence-corrected chi connectivity index (χ2v) is 7.90. The summed E-state index contributed by atoms with van der Waals surface area (Å²) in [5.74, 6) is 0.135. The minimum absolute atomic E-state index is 0.0821. The maximum absolute atomic E-state index is 5.60. The smallest absolute Gasteiger partial charge is 0.214 e. The summed E-state index contributed by atoms with van der Waals surface area (Å²) in [7, 11) is 0. The molecule has 0 amide bonds. The molecule has 0 bridgehead atoms. The van der Waals surface area contributed by atoms with Crippen LogP contribution in [0.2, 0.25) is 0 Å². The zero-order valence-corrected chi connectivity index (χ0v) is 14.7. The van der Waals surface area contributed by atoms with Crippen LogP contribution in [-0.2, 0) is 7.59 Å².